The summed E-state index contributed by atoms with van der Waals surface area (Å²) in [5, 5.41) is 3.96. The molecule has 2 aliphatic heterocycles. The van der Waals surface area contributed by atoms with E-state index in [1.165, 1.54) is 7.11 Å². The van der Waals surface area contributed by atoms with Gasteiger partial charge in [-0.05, 0) is 16.7 Å². The molecule has 0 unspecified atom stereocenters. The molecular weight excluding hydrogens is 358 g/mol. The summed E-state index contributed by atoms with van der Waals surface area (Å²) in [6, 6.07) is 18.2. The van der Waals surface area contributed by atoms with Gasteiger partial charge in [0.15, 0.2) is 5.78 Å². The number of hydrogen-bond acceptors (Lipinski definition) is 5. The van der Waals surface area contributed by atoms with Crippen LogP contribution >= 0.6 is 11.8 Å². The average molecular weight is 377 g/mol. The zero-order valence-electron chi connectivity index (χ0n) is 14.9. The van der Waals surface area contributed by atoms with Crippen LogP contribution in [0, 0.1) is 0 Å². The summed E-state index contributed by atoms with van der Waals surface area (Å²) in [5.41, 5.74) is 4.26. The average Bonchev–Trinajstić information content (AvgIpc) is 2.73. The molecule has 2 aliphatic rings. The maximum absolute atomic E-state index is 12.7. The number of carbonyl (C=O) groups excluding carboxylic acids is 2. The van der Waals surface area contributed by atoms with E-state index in [2.05, 4.69) is 17.4 Å². The Bertz CT molecular complexity index is 945. The minimum absolute atomic E-state index is 0.0860. The van der Waals surface area contributed by atoms with E-state index in [-0.39, 0.29) is 5.78 Å². The first kappa shape index (κ1) is 17.6. The second-order valence-corrected chi connectivity index (χ2v) is 7.53. The molecule has 0 saturated heterocycles. The van der Waals surface area contributed by atoms with Crippen molar-refractivity contribution in [2.75, 3.05) is 12.9 Å². The van der Waals surface area contributed by atoms with E-state index in [0.29, 0.717) is 17.6 Å². The van der Waals surface area contributed by atoms with E-state index in [9.17, 15) is 9.59 Å². The van der Waals surface area contributed by atoms with E-state index < -0.39 is 11.9 Å². The Balaban J connectivity index is 1.76. The Morgan fingerprint density at radius 3 is 2.48 bits per heavy atom. The van der Waals surface area contributed by atoms with Gasteiger partial charge in [-0.15, -0.1) is 11.8 Å². The summed E-state index contributed by atoms with van der Waals surface area (Å²) in [4.78, 5) is 25.0. The zero-order chi connectivity index (χ0) is 18.8. The van der Waals surface area contributed by atoms with Gasteiger partial charge in [-0.2, -0.15) is 0 Å². The molecule has 0 aromatic heterocycles. The van der Waals surface area contributed by atoms with Crippen molar-refractivity contribution < 1.29 is 14.3 Å². The number of allylic oxidation sites excluding steroid dienone is 1. The Hall–Kier alpha value is -2.79. The molecule has 2 aromatic rings. The smallest absolute Gasteiger partial charge is 0.336 e. The highest BCUT2D eigenvalue weighted by Crippen LogP contribution is 2.42. The molecule has 136 valence electrons. The Kier molecular flexibility index (Phi) is 4.86. The second kappa shape index (κ2) is 7.45. The predicted molar refractivity (Wildman–Crippen MR) is 107 cm³/mol. The van der Waals surface area contributed by atoms with Crippen LogP contribution in [0.3, 0.4) is 0 Å². The molecule has 1 atom stereocenters. The van der Waals surface area contributed by atoms with Gasteiger partial charge in [0.25, 0.3) is 0 Å². The molecule has 0 aliphatic carbocycles. The maximum atomic E-state index is 12.7. The lowest BCUT2D eigenvalue weighted by Gasteiger charge is -2.31. The molecule has 0 bridgehead atoms. The van der Waals surface area contributed by atoms with Crippen LogP contribution in [0.5, 0.6) is 0 Å². The number of thioether (sulfide) groups is 1. The van der Waals surface area contributed by atoms with Crippen molar-refractivity contribution in [1.82, 2.24) is 5.32 Å². The van der Waals surface area contributed by atoms with Gasteiger partial charge in [0.05, 0.1) is 17.7 Å². The van der Waals surface area contributed by atoms with Crippen molar-refractivity contribution in [2.45, 2.75) is 12.3 Å². The van der Waals surface area contributed by atoms with Crippen molar-refractivity contribution >= 4 is 23.5 Å². The fourth-order valence-electron chi connectivity index (χ4n) is 3.52. The van der Waals surface area contributed by atoms with Gasteiger partial charge in [-0.25, -0.2) is 4.79 Å². The van der Waals surface area contributed by atoms with Gasteiger partial charge in [-0.1, -0.05) is 54.6 Å². The number of ether oxygens (including phenoxy) is 1. The van der Waals surface area contributed by atoms with Crippen LogP contribution in [0.2, 0.25) is 0 Å². The summed E-state index contributed by atoms with van der Waals surface area (Å²) < 4.78 is 4.96. The van der Waals surface area contributed by atoms with Crippen molar-refractivity contribution in [2.24, 2.45) is 0 Å². The van der Waals surface area contributed by atoms with Crippen LogP contribution in [0.1, 0.15) is 17.9 Å². The van der Waals surface area contributed by atoms with Crippen molar-refractivity contribution in [3.8, 4) is 11.1 Å². The molecule has 2 heterocycles. The topological polar surface area (TPSA) is 55.4 Å². The zero-order valence-corrected chi connectivity index (χ0v) is 15.7. The summed E-state index contributed by atoms with van der Waals surface area (Å²) >= 11 is 1.62. The fourth-order valence-corrected chi connectivity index (χ4v) is 4.54. The third-order valence-corrected chi connectivity index (χ3v) is 5.89. The SMILES string of the molecule is COC(=O)C1=CNC2=C(C(=O)CCS2)[C@@H]1c1ccc(-c2ccccc2)cc1. The fraction of sp³-hybridized carbons (Fsp3) is 0.182. The van der Waals surface area contributed by atoms with Crippen LogP contribution in [0.15, 0.2) is 77.0 Å². The molecule has 0 radical (unpaired) electrons. The van der Waals surface area contributed by atoms with Crippen LogP contribution < -0.4 is 5.32 Å². The third-order valence-electron chi connectivity index (χ3n) is 4.85. The largest absolute Gasteiger partial charge is 0.466 e. The van der Waals surface area contributed by atoms with Gasteiger partial charge >= 0.3 is 5.97 Å². The van der Waals surface area contributed by atoms with Crippen LogP contribution in [0.4, 0.5) is 0 Å². The predicted octanol–water partition coefficient (Wildman–Crippen LogP) is 4.01. The van der Waals surface area contributed by atoms with E-state index >= 15 is 0 Å². The van der Waals surface area contributed by atoms with Crippen molar-refractivity contribution in [1.29, 1.82) is 0 Å². The van der Waals surface area contributed by atoms with Gasteiger partial charge < -0.3 is 10.1 Å². The molecule has 4 rings (SSSR count). The first-order chi connectivity index (χ1) is 13.2. The molecule has 2 aromatic carbocycles. The summed E-state index contributed by atoms with van der Waals surface area (Å²) in [6.45, 7) is 0. The standard InChI is InChI=1S/C22H19NO3S/c1-26-22(25)17-13-23-21-20(18(24)11-12-27-21)19(17)16-9-7-15(8-10-16)14-5-3-2-4-6-14/h2-10,13,19,23H,11-12H2,1H3/t19-/m1/s1. The maximum Gasteiger partial charge on any atom is 0.336 e. The number of ketones is 1. The number of carbonyl (C=O) groups is 2. The molecule has 4 nitrogen and oxygen atoms in total. The molecule has 0 saturated carbocycles. The molecule has 27 heavy (non-hydrogen) atoms. The van der Waals surface area contributed by atoms with Crippen LogP contribution in [-0.2, 0) is 14.3 Å². The number of benzene rings is 2. The molecule has 5 heteroatoms. The lowest BCUT2D eigenvalue weighted by atomic mass is 9.81. The van der Waals surface area contributed by atoms with Gasteiger partial charge in [0.1, 0.15) is 0 Å². The molecule has 0 amide bonds. The third kappa shape index (κ3) is 3.30. The van der Waals surface area contributed by atoms with E-state index in [1.54, 1.807) is 18.0 Å². The number of esters is 1. The van der Waals surface area contributed by atoms with Gasteiger partial charge in [0, 0.05) is 29.9 Å². The first-order valence-electron chi connectivity index (χ1n) is 8.79. The molecule has 0 spiro atoms. The number of nitrogens with one attached hydrogen (secondary N) is 1. The normalized spacial score (nSPS) is 19.1. The molecule has 1 N–H and O–H groups in total. The minimum Gasteiger partial charge on any atom is -0.466 e. The lowest BCUT2D eigenvalue weighted by molar-refractivity contribution is -0.136. The summed E-state index contributed by atoms with van der Waals surface area (Å²) in [7, 11) is 1.36. The van der Waals surface area contributed by atoms with Gasteiger partial charge in [0.2, 0.25) is 0 Å². The summed E-state index contributed by atoms with van der Waals surface area (Å²) in [5.74, 6) is 0.0161. The van der Waals surface area contributed by atoms with Crippen LogP contribution in [0.25, 0.3) is 11.1 Å². The molecule has 0 fully saturated rings. The Morgan fingerprint density at radius 2 is 1.78 bits per heavy atom. The van der Waals surface area contributed by atoms with E-state index in [1.807, 2.05) is 42.5 Å². The first-order valence-corrected chi connectivity index (χ1v) is 9.78. The number of dihydropyridines is 1. The van der Waals surface area contributed by atoms with E-state index in [4.69, 9.17) is 4.74 Å². The highest BCUT2D eigenvalue weighted by Gasteiger charge is 2.37. The Morgan fingerprint density at radius 1 is 1.07 bits per heavy atom. The highest BCUT2D eigenvalue weighted by atomic mass is 32.2. The van der Waals surface area contributed by atoms with E-state index in [0.717, 1.165) is 27.5 Å². The quantitative estimate of drug-likeness (QED) is 0.819. The molecular formula is C22H19NO3S. The number of methoxy groups -OCH3 is 1. The number of Topliss-reactive ketones (excluding diaryl/α,β-unsaturated/α-hetero) is 1. The van der Waals surface area contributed by atoms with Crippen LogP contribution in [-0.4, -0.2) is 24.6 Å². The number of hydrogen-bond donors (Lipinski definition) is 1. The minimum atomic E-state index is -0.422. The summed E-state index contributed by atoms with van der Waals surface area (Å²) in [6.07, 6.45) is 2.16. The lowest BCUT2D eigenvalue weighted by Crippen LogP contribution is -2.30. The monoisotopic (exact) mass is 377 g/mol. The van der Waals surface area contributed by atoms with Crippen molar-refractivity contribution in [3.05, 3.63) is 82.5 Å². The van der Waals surface area contributed by atoms with Gasteiger partial charge in [-0.3, -0.25) is 4.79 Å². The Labute approximate surface area is 162 Å². The van der Waals surface area contributed by atoms with Crippen molar-refractivity contribution in [3.63, 3.8) is 0 Å². The number of rotatable bonds is 3. The second-order valence-electron chi connectivity index (χ2n) is 6.42. The highest BCUT2D eigenvalue weighted by molar-refractivity contribution is 8.03.